The van der Waals surface area contributed by atoms with Crippen molar-refractivity contribution < 1.29 is 37.7 Å². The minimum atomic E-state index is -1.17. The van der Waals surface area contributed by atoms with Crippen LogP contribution in [-0.4, -0.2) is 32.2 Å². The van der Waals surface area contributed by atoms with Crippen molar-refractivity contribution in [1.82, 2.24) is 4.90 Å². The first-order valence-electron chi connectivity index (χ1n) is 5.26. The van der Waals surface area contributed by atoms with Gasteiger partial charge in [-0.25, -0.2) is 0 Å². The summed E-state index contributed by atoms with van der Waals surface area (Å²) in [6.45, 7) is 12.8. The van der Waals surface area contributed by atoms with Gasteiger partial charge in [0.05, 0.1) is 0 Å². The van der Waals surface area contributed by atoms with E-state index in [-0.39, 0.29) is 37.7 Å². The third-order valence-corrected chi connectivity index (χ3v) is 4.98. The third-order valence-electron chi connectivity index (χ3n) is 2.63. The molecule has 76 valence electrons. The topological polar surface area (TPSA) is 3.24 Å². The Kier molecular flexibility index (Phi) is 11.1. The Morgan fingerprint density at radius 2 is 1.73 bits per heavy atom. The Bertz CT molecular complexity index is 168. The van der Waals surface area contributed by atoms with Crippen molar-refractivity contribution in [3.8, 4) is 0 Å². The van der Waals surface area contributed by atoms with Gasteiger partial charge in [-0.05, 0) is 32.1 Å². The summed E-state index contributed by atoms with van der Waals surface area (Å²) in [5.74, 6) is 0. The summed E-state index contributed by atoms with van der Waals surface area (Å²) >= 11 is 0. The minimum absolute atomic E-state index is 0. The molecule has 0 radical (unpaired) electrons. The molecule has 0 aromatic carbocycles. The average Bonchev–Trinajstić information content (AvgIpc) is 2.04. The van der Waals surface area contributed by atoms with E-state index >= 15 is 0 Å². The van der Waals surface area contributed by atoms with Crippen molar-refractivity contribution in [3.63, 3.8) is 0 Å². The van der Waals surface area contributed by atoms with Crippen LogP contribution in [0, 0.1) is 12.6 Å². The van der Waals surface area contributed by atoms with Gasteiger partial charge in [0.15, 0.2) is 0 Å². The molecule has 1 saturated heterocycles. The fourth-order valence-electron chi connectivity index (χ4n) is 2.01. The molecular weight excluding hydrogens is 188 g/mol. The van der Waals surface area contributed by atoms with E-state index in [4.69, 9.17) is 6.58 Å². The van der Waals surface area contributed by atoms with E-state index in [1.54, 1.807) is 6.08 Å². The summed E-state index contributed by atoms with van der Waals surface area (Å²) in [7, 11) is -1.17. The van der Waals surface area contributed by atoms with Gasteiger partial charge in [0, 0.05) is 0 Å². The first-order valence-corrected chi connectivity index (χ1v) is 8.54. The van der Waals surface area contributed by atoms with Gasteiger partial charge < -0.3 is 23.6 Å². The quantitative estimate of drug-likeness (QED) is 0.342. The molecule has 0 bridgehead atoms. The Morgan fingerprint density at radius 3 is 2.20 bits per heavy atom. The molecule has 0 aromatic heterocycles. The summed E-state index contributed by atoms with van der Waals surface area (Å²) < 4.78 is 0. The molecule has 0 N–H and O–H groups in total. The zero-order valence-electron chi connectivity index (χ0n) is 10.9. The molecule has 1 nitrogen and oxygen atoms in total. The van der Waals surface area contributed by atoms with Crippen LogP contribution in [0.25, 0.3) is 0 Å². The summed E-state index contributed by atoms with van der Waals surface area (Å²) in [4.78, 5) is 2.61. The van der Waals surface area contributed by atoms with Crippen molar-refractivity contribution in [2.24, 2.45) is 0 Å². The SMILES string of the molecule is [CH-]=C[CH-][Si](C)(C)CN1CCCCC1.[Li+].[Li+]. The van der Waals surface area contributed by atoms with Crippen LogP contribution in [0.4, 0.5) is 0 Å². The molecule has 0 spiro atoms. The monoisotopic (exact) mass is 209 g/mol. The molecule has 1 rings (SSSR count). The third kappa shape index (κ3) is 7.81. The predicted molar refractivity (Wildman–Crippen MR) is 60.9 cm³/mol. The fourth-order valence-corrected chi connectivity index (χ4v) is 4.10. The summed E-state index contributed by atoms with van der Waals surface area (Å²) in [5.41, 5.74) is 0. The Hall–Kier alpha value is 0.982. The molecular formula is C11H21Li2NSi. The fraction of sp³-hybridized carbons (Fsp3) is 0.727. The number of likely N-dealkylation sites (tertiary alicyclic amines) is 1. The maximum atomic E-state index is 5.46. The number of allylic oxidation sites excluding steroid dienone is 1. The molecule has 0 aliphatic carbocycles. The van der Waals surface area contributed by atoms with Crippen molar-refractivity contribution in [1.29, 1.82) is 0 Å². The molecule has 1 aliphatic heterocycles. The van der Waals surface area contributed by atoms with Crippen LogP contribution in [0.3, 0.4) is 0 Å². The van der Waals surface area contributed by atoms with Crippen LogP contribution in [0.15, 0.2) is 6.08 Å². The zero-order valence-corrected chi connectivity index (χ0v) is 11.9. The molecule has 0 amide bonds. The van der Waals surface area contributed by atoms with Crippen LogP contribution in [-0.2, 0) is 0 Å². The first kappa shape index (κ1) is 18.3. The molecule has 1 aliphatic rings. The van der Waals surface area contributed by atoms with E-state index in [1.807, 2.05) is 0 Å². The second kappa shape index (κ2) is 9.06. The Balaban J connectivity index is 0. The molecule has 1 heterocycles. The van der Waals surface area contributed by atoms with E-state index < -0.39 is 8.07 Å². The average molecular weight is 209 g/mol. The van der Waals surface area contributed by atoms with Gasteiger partial charge in [-0.3, -0.25) is 0 Å². The second-order valence-electron chi connectivity index (χ2n) is 4.68. The minimum Gasteiger partial charge on any atom is -0.549 e. The standard InChI is InChI=1S/C11H21NSi.2Li/c1-4-10-13(2,3)11-12-8-6-5-7-9-12;;/h1,4,10H,5-9,11H2,2-3H3;;/q-2;2*+1. The van der Waals surface area contributed by atoms with Crippen LogP contribution < -0.4 is 37.7 Å². The van der Waals surface area contributed by atoms with Gasteiger partial charge in [-0.2, -0.15) is 0 Å². The number of hydrogen-bond acceptors (Lipinski definition) is 1. The first-order chi connectivity index (χ1) is 6.14. The van der Waals surface area contributed by atoms with Gasteiger partial charge in [-0.15, -0.1) is 0 Å². The Labute approximate surface area is 120 Å². The van der Waals surface area contributed by atoms with E-state index in [2.05, 4.69) is 24.0 Å². The number of hydrogen-bond donors (Lipinski definition) is 0. The summed E-state index contributed by atoms with van der Waals surface area (Å²) in [5, 5.41) is 0. The van der Waals surface area contributed by atoms with Gasteiger partial charge >= 0.3 is 37.7 Å². The molecule has 1 fully saturated rings. The van der Waals surface area contributed by atoms with Gasteiger partial charge in [0.2, 0.25) is 0 Å². The van der Waals surface area contributed by atoms with Crippen LogP contribution >= 0.6 is 0 Å². The van der Waals surface area contributed by atoms with Crippen LogP contribution in [0.5, 0.6) is 0 Å². The van der Waals surface area contributed by atoms with Crippen LogP contribution in [0.2, 0.25) is 13.1 Å². The molecule has 15 heavy (non-hydrogen) atoms. The van der Waals surface area contributed by atoms with Gasteiger partial charge in [-0.1, -0.05) is 27.6 Å². The van der Waals surface area contributed by atoms with E-state index in [0.717, 1.165) is 0 Å². The van der Waals surface area contributed by atoms with Crippen molar-refractivity contribution >= 4 is 8.07 Å². The maximum Gasteiger partial charge on any atom is 1.00 e. The van der Waals surface area contributed by atoms with Crippen molar-refractivity contribution in [2.75, 3.05) is 19.3 Å². The maximum absolute atomic E-state index is 5.46. The summed E-state index contributed by atoms with van der Waals surface area (Å²) in [6, 6.07) is 2.24. The largest absolute Gasteiger partial charge is 1.00 e. The van der Waals surface area contributed by atoms with Gasteiger partial charge in [0.25, 0.3) is 0 Å². The number of nitrogens with zero attached hydrogens (tertiary/aromatic N) is 1. The normalized spacial score (nSPS) is 17.2. The second-order valence-corrected chi connectivity index (χ2v) is 9.31. The molecule has 0 saturated carbocycles. The van der Waals surface area contributed by atoms with E-state index in [0.29, 0.717) is 0 Å². The number of rotatable bonds is 4. The number of piperidine rings is 1. The summed E-state index contributed by atoms with van der Waals surface area (Å²) in [6.07, 6.45) is 7.20. The zero-order chi connectivity index (χ0) is 9.73. The predicted octanol–water partition coefficient (Wildman–Crippen LogP) is -3.54. The Morgan fingerprint density at radius 1 is 1.20 bits per heavy atom. The molecule has 0 atom stereocenters. The molecule has 0 unspecified atom stereocenters. The van der Waals surface area contributed by atoms with E-state index in [1.165, 1.54) is 38.5 Å². The molecule has 4 heteroatoms. The smallest absolute Gasteiger partial charge is 0.549 e. The van der Waals surface area contributed by atoms with Crippen molar-refractivity contribution in [2.45, 2.75) is 32.4 Å². The van der Waals surface area contributed by atoms with Gasteiger partial charge in [0.1, 0.15) is 0 Å². The van der Waals surface area contributed by atoms with E-state index in [9.17, 15) is 0 Å². The van der Waals surface area contributed by atoms with Crippen molar-refractivity contribution in [3.05, 3.63) is 18.7 Å². The molecule has 0 aromatic rings. The van der Waals surface area contributed by atoms with Crippen LogP contribution in [0.1, 0.15) is 19.3 Å².